The molecular formula is C17H21N7O2. The van der Waals surface area contributed by atoms with E-state index in [4.69, 9.17) is 4.52 Å². The Hall–Kier alpha value is -2.81. The van der Waals surface area contributed by atoms with E-state index in [9.17, 15) is 4.79 Å². The molecule has 0 N–H and O–H groups in total. The molecule has 9 heteroatoms. The second-order valence-electron chi connectivity index (χ2n) is 6.84. The average molecular weight is 355 g/mol. The molecule has 1 aliphatic heterocycles. The topological polar surface area (TPSA) is 94.9 Å². The Morgan fingerprint density at radius 2 is 2.00 bits per heavy atom. The first kappa shape index (κ1) is 16.6. The zero-order valence-electron chi connectivity index (χ0n) is 15.1. The van der Waals surface area contributed by atoms with Gasteiger partial charge in [-0.25, -0.2) is 9.36 Å². The van der Waals surface area contributed by atoms with Crippen LogP contribution in [-0.2, 0) is 13.1 Å². The summed E-state index contributed by atoms with van der Waals surface area (Å²) in [6, 6.07) is 5.25. The Kier molecular flexibility index (Phi) is 4.15. The van der Waals surface area contributed by atoms with Crippen molar-refractivity contribution >= 4 is 0 Å². The molecule has 4 heterocycles. The van der Waals surface area contributed by atoms with E-state index in [1.807, 2.05) is 19.9 Å². The SMILES string of the molecule is Cc1cc(C)n(-c2ccc(=O)n(CC3CN(Cc4noc(C)n4)C3)n2)n1. The lowest BCUT2D eigenvalue weighted by Crippen LogP contribution is -2.49. The molecule has 0 saturated carbocycles. The minimum absolute atomic E-state index is 0.0949. The highest BCUT2D eigenvalue weighted by atomic mass is 16.5. The predicted molar refractivity (Wildman–Crippen MR) is 92.9 cm³/mol. The van der Waals surface area contributed by atoms with Crippen LogP contribution in [0.5, 0.6) is 0 Å². The molecule has 1 aliphatic rings. The number of rotatable bonds is 5. The van der Waals surface area contributed by atoms with Gasteiger partial charge in [-0.1, -0.05) is 5.16 Å². The first-order valence-electron chi connectivity index (χ1n) is 8.61. The largest absolute Gasteiger partial charge is 0.340 e. The van der Waals surface area contributed by atoms with Crippen molar-refractivity contribution in [1.29, 1.82) is 0 Å². The molecule has 0 atom stereocenters. The fraction of sp³-hybridized carbons (Fsp3) is 0.471. The normalized spacial score (nSPS) is 15.3. The molecule has 0 amide bonds. The van der Waals surface area contributed by atoms with Gasteiger partial charge in [-0.15, -0.1) is 5.10 Å². The highest BCUT2D eigenvalue weighted by Crippen LogP contribution is 2.19. The summed E-state index contributed by atoms with van der Waals surface area (Å²) in [5.41, 5.74) is 1.82. The molecule has 26 heavy (non-hydrogen) atoms. The maximum atomic E-state index is 12.2. The van der Waals surface area contributed by atoms with Gasteiger partial charge < -0.3 is 4.52 Å². The van der Waals surface area contributed by atoms with Gasteiger partial charge in [0, 0.05) is 37.7 Å². The Labute approximate surface area is 150 Å². The number of nitrogens with zero attached hydrogens (tertiary/aromatic N) is 7. The molecule has 4 rings (SSSR count). The van der Waals surface area contributed by atoms with Gasteiger partial charge in [0.05, 0.1) is 18.8 Å². The van der Waals surface area contributed by atoms with Crippen molar-refractivity contribution in [2.45, 2.75) is 33.9 Å². The van der Waals surface area contributed by atoms with Crippen molar-refractivity contribution < 1.29 is 4.52 Å². The molecule has 0 aliphatic carbocycles. The third kappa shape index (κ3) is 3.30. The number of hydrogen-bond donors (Lipinski definition) is 0. The maximum absolute atomic E-state index is 12.2. The summed E-state index contributed by atoms with van der Waals surface area (Å²) in [7, 11) is 0. The van der Waals surface area contributed by atoms with Crippen molar-refractivity contribution in [2.24, 2.45) is 5.92 Å². The van der Waals surface area contributed by atoms with Crippen LogP contribution in [0.4, 0.5) is 0 Å². The molecule has 0 aromatic carbocycles. The number of aromatic nitrogens is 6. The van der Waals surface area contributed by atoms with Crippen LogP contribution < -0.4 is 5.56 Å². The van der Waals surface area contributed by atoms with Crippen LogP contribution in [0.15, 0.2) is 27.5 Å². The van der Waals surface area contributed by atoms with E-state index >= 15 is 0 Å². The quantitative estimate of drug-likeness (QED) is 0.670. The summed E-state index contributed by atoms with van der Waals surface area (Å²) >= 11 is 0. The van der Waals surface area contributed by atoms with E-state index in [-0.39, 0.29) is 5.56 Å². The van der Waals surface area contributed by atoms with E-state index in [1.165, 1.54) is 4.68 Å². The first-order valence-corrected chi connectivity index (χ1v) is 8.61. The van der Waals surface area contributed by atoms with Crippen LogP contribution in [0.3, 0.4) is 0 Å². The van der Waals surface area contributed by atoms with Crippen LogP contribution in [0.1, 0.15) is 23.1 Å². The van der Waals surface area contributed by atoms with E-state index in [1.54, 1.807) is 23.7 Å². The molecule has 0 unspecified atom stereocenters. The van der Waals surface area contributed by atoms with Gasteiger partial charge in [0.15, 0.2) is 11.6 Å². The predicted octanol–water partition coefficient (Wildman–Crippen LogP) is 0.869. The van der Waals surface area contributed by atoms with Gasteiger partial charge in [0.2, 0.25) is 5.89 Å². The lowest BCUT2D eigenvalue weighted by atomic mass is 10.0. The fourth-order valence-electron chi connectivity index (χ4n) is 3.31. The smallest absolute Gasteiger partial charge is 0.266 e. The van der Waals surface area contributed by atoms with Gasteiger partial charge in [-0.05, 0) is 26.0 Å². The summed E-state index contributed by atoms with van der Waals surface area (Å²) in [6.45, 7) is 8.71. The summed E-state index contributed by atoms with van der Waals surface area (Å²) < 4.78 is 8.28. The van der Waals surface area contributed by atoms with E-state index in [0.29, 0.717) is 36.5 Å². The van der Waals surface area contributed by atoms with Gasteiger partial charge in [0.25, 0.3) is 5.56 Å². The lowest BCUT2D eigenvalue weighted by Gasteiger charge is -2.38. The van der Waals surface area contributed by atoms with Crippen LogP contribution in [0, 0.1) is 26.7 Å². The third-order valence-electron chi connectivity index (χ3n) is 4.48. The zero-order chi connectivity index (χ0) is 18.3. The van der Waals surface area contributed by atoms with Crippen LogP contribution in [-0.4, -0.2) is 47.7 Å². The molecule has 3 aromatic heterocycles. The molecule has 3 aromatic rings. The van der Waals surface area contributed by atoms with Crippen LogP contribution in [0.2, 0.25) is 0 Å². The molecule has 0 bridgehead atoms. The molecule has 0 radical (unpaired) electrons. The minimum atomic E-state index is -0.0949. The third-order valence-corrected chi connectivity index (χ3v) is 4.48. The van der Waals surface area contributed by atoms with E-state index < -0.39 is 0 Å². The first-order chi connectivity index (χ1) is 12.5. The van der Waals surface area contributed by atoms with Crippen molar-refractivity contribution in [2.75, 3.05) is 13.1 Å². The summed E-state index contributed by atoms with van der Waals surface area (Å²) in [4.78, 5) is 18.6. The summed E-state index contributed by atoms with van der Waals surface area (Å²) in [6.07, 6.45) is 0. The zero-order valence-corrected chi connectivity index (χ0v) is 15.1. The number of likely N-dealkylation sites (tertiary alicyclic amines) is 1. The van der Waals surface area contributed by atoms with Gasteiger partial charge >= 0.3 is 0 Å². The monoisotopic (exact) mass is 355 g/mol. The molecule has 1 saturated heterocycles. The van der Waals surface area contributed by atoms with Gasteiger partial charge in [0.1, 0.15) is 0 Å². The maximum Gasteiger partial charge on any atom is 0.266 e. The van der Waals surface area contributed by atoms with Crippen molar-refractivity contribution in [1.82, 2.24) is 34.6 Å². The van der Waals surface area contributed by atoms with Crippen LogP contribution >= 0.6 is 0 Å². The lowest BCUT2D eigenvalue weighted by molar-refractivity contribution is 0.0732. The molecule has 9 nitrogen and oxygen atoms in total. The van der Waals surface area contributed by atoms with Crippen LogP contribution in [0.25, 0.3) is 5.82 Å². The Morgan fingerprint density at radius 1 is 1.19 bits per heavy atom. The number of aryl methyl sites for hydroxylation is 3. The molecular weight excluding hydrogens is 334 g/mol. The van der Waals surface area contributed by atoms with E-state index in [0.717, 1.165) is 24.5 Å². The second-order valence-corrected chi connectivity index (χ2v) is 6.84. The second kappa shape index (κ2) is 6.49. The van der Waals surface area contributed by atoms with E-state index in [2.05, 4.69) is 25.2 Å². The summed E-state index contributed by atoms with van der Waals surface area (Å²) in [5, 5.41) is 12.8. The van der Waals surface area contributed by atoms with Crippen molar-refractivity contribution in [3.8, 4) is 5.82 Å². The Balaban J connectivity index is 1.42. The average Bonchev–Trinajstić information content (AvgIpc) is 3.12. The molecule has 136 valence electrons. The highest BCUT2D eigenvalue weighted by molar-refractivity contribution is 5.23. The van der Waals surface area contributed by atoms with Crippen molar-refractivity contribution in [3.63, 3.8) is 0 Å². The highest BCUT2D eigenvalue weighted by Gasteiger charge is 2.28. The molecule has 1 fully saturated rings. The minimum Gasteiger partial charge on any atom is -0.340 e. The van der Waals surface area contributed by atoms with Gasteiger partial charge in [-0.3, -0.25) is 9.69 Å². The fourth-order valence-corrected chi connectivity index (χ4v) is 3.31. The summed E-state index contributed by atoms with van der Waals surface area (Å²) in [5.74, 6) is 2.31. The van der Waals surface area contributed by atoms with Crippen molar-refractivity contribution in [3.05, 3.63) is 51.7 Å². The standard InChI is InChI=1S/C17H21N7O2/c1-11-6-12(2)24(19-11)16-4-5-17(25)23(20-16)9-14-7-22(8-14)10-15-18-13(3)26-21-15/h4-6,14H,7-10H2,1-3H3. The van der Waals surface area contributed by atoms with Gasteiger partial charge in [-0.2, -0.15) is 10.1 Å². The Bertz CT molecular complexity index is 981. The number of hydrogen-bond acceptors (Lipinski definition) is 7. The Morgan fingerprint density at radius 3 is 2.65 bits per heavy atom. The molecule has 0 spiro atoms.